The lowest BCUT2D eigenvalue weighted by molar-refractivity contribution is 0.635. The molecule has 0 aliphatic heterocycles. The van der Waals surface area contributed by atoms with Crippen LogP contribution < -0.4 is 5.32 Å². The third-order valence-corrected chi connectivity index (χ3v) is 3.38. The average Bonchev–Trinajstić information content (AvgIpc) is 2.52. The quantitative estimate of drug-likeness (QED) is 0.792. The molecule has 1 atom stereocenters. The highest BCUT2D eigenvalue weighted by Crippen LogP contribution is 2.29. The van der Waals surface area contributed by atoms with Crippen molar-refractivity contribution < 1.29 is 4.39 Å². The Morgan fingerprint density at radius 1 is 1.05 bits per heavy atom. The molecule has 0 saturated carbocycles. The van der Waals surface area contributed by atoms with Gasteiger partial charge in [-0.25, -0.2) is 4.39 Å². The Morgan fingerprint density at radius 3 is 2.55 bits per heavy atom. The minimum Gasteiger partial charge on any atom is -0.308 e. The van der Waals surface area contributed by atoms with Crippen molar-refractivity contribution in [1.29, 1.82) is 0 Å². The van der Waals surface area contributed by atoms with E-state index in [2.05, 4.69) is 15.3 Å². The van der Waals surface area contributed by atoms with Gasteiger partial charge in [0.1, 0.15) is 5.82 Å². The fraction of sp³-hybridized carbons (Fsp3) is 0.125. The summed E-state index contributed by atoms with van der Waals surface area (Å²) in [4.78, 5) is 8.44. The number of halogens is 1. The molecule has 1 N–H and O–H groups in total. The number of rotatable bonds is 3. The summed E-state index contributed by atoms with van der Waals surface area (Å²) in [6, 6.07) is 10.6. The molecule has 0 radical (unpaired) electrons. The van der Waals surface area contributed by atoms with E-state index in [1.807, 2.05) is 25.2 Å². The van der Waals surface area contributed by atoms with E-state index in [1.54, 1.807) is 30.7 Å². The van der Waals surface area contributed by atoms with Gasteiger partial charge < -0.3 is 5.32 Å². The van der Waals surface area contributed by atoms with Crippen LogP contribution in [-0.2, 0) is 0 Å². The van der Waals surface area contributed by atoms with Gasteiger partial charge in [-0.1, -0.05) is 30.3 Å². The lowest BCUT2D eigenvalue weighted by atomic mass is 9.96. The zero-order chi connectivity index (χ0) is 13.9. The predicted molar refractivity (Wildman–Crippen MR) is 76.8 cm³/mol. The SMILES string of the molecule is CNC(c1cnccn1)c1ccc(F)c2ccccc12. The molecule has 3 rings (SSSR count). The molecular formula is C16H14FN3. The van der Waals surface area contributed by atoms with E-state index in [-0.39, 0.29) is 11.9 Å². The van der Waals surface area contributed by atoms with Gasteiger partial charge in [0.25, 0.3) is 0 Å². The van der Waals surface area contributed by atoms with E-state index in [0.717, 1.165) is 16.6 Å². The molecule has 0 aliphatic carbocycles. The molecular weight excluding hydrogens is 253 g/mol. The second kappa shape index (κ2) is 5.35. The van der Waals surface area contributed by atoms with Crippen LogP contribution in [0.1, 0.15) is 17.3 Å². The van der Waals surface area contributed by atoms with Crippen molar-refractivity contribution in [1.82, 2.24) is 15.3 Å². The number of hydrogen-bond donors (Lipinski definition) is 1. The summed E-state index contributed by atoms with van der Waals surface area (Å²) in [5.74, 6) is -0.210. The van der Waals surface area contributed by atoms with Gasteiger partial charge in [0.05, 0.1) is 17.9 Å². The minimum atomic E-state index is -0.210. The summed E-state index contributed by atoms with van der Waals surface area (Å²) in [6.45, 7) is 0. The maximum atomic E-state index is 13.9. The summed E-state index contributed by atoms with van der Waals surface area (Å²) >= 11 is 0. The second-order valence-corrected chi connectivity index (χ2v) is 4.53. The van der Waals surface area contributed by atoms with Crippen LogP contribution in [-0.4, -0.2) is 17.0 Å². The van der Waals surface area contributed by atoms with Crippen molar-refractivity contribution in [2.24, 2.45) is 0 Å². The molecule has 0 fully saturated rings. The average molecular weight is 267 g/mol. The highest BCUT2D eigenvalue weighted by atomic mass is 19.1. The molecule has 4 heteroatoms. The van der Waals surface area contributed by atoms with Gasteiger partial charge >= 0.3 is 0 Å². The van der Waals surface area contributed by atoms with Crippen molar-refractivity contribution in [2.75, 3.05) is 7.05 Å². The maximum absolute atomic E-state index is 13.9. The van der Waals surface area contributed by atoms with Crippen molar-refractivity contribution in [3.63, 3.8) is 0 Å². The van der Waals surface area contributed by atoms with Crippen LogP contribution in [0.25, 0.3) is 10.8 Å². The molecule has 3 aromatic rings. The van der Waals surface area contributed by atoms with E-state index in [4.69, 9.17) is 0 Å². The van der Waals surface area contributed by atoms with E-state index >= 15 is 0 Å². The predicted octanol–water partition coefficient (Wildman–Crippen LogP) is 3.08. The number of nitrogens with zero attached hydrogens (tertiary/aromatic N) is 2. The van der Waals surface area contributed by atoms with Gasteiger partial charge in [0.2, 0.25) is 0 Å². The van der Waals surface area contributed by atoms with Crippen LogP contribution in [0.2, 0.25) is 0 Å². The summed E-state index contributed by atoms with van der Waals surface area (Å²) in [6.07, 6.45) is 5.02. The molecule has 100 valence electrons. The van der Waals surface area contributed by atoms with Crippen LogP contribution in [0.3, 0.4) is 0 Å². The molecule has 0 spiro atoms. The molecule has 0 amide bonds. The zero-order valence-electron chi connectivity index (χ0n) is 11.0. The monoisotopic (exact) mass is 267 g/mol. The third kappa shape index (κ3) is 2.14. The molecule has 3 nitrogen and oxygen atoms in total. The fourth-order valence-corrected chi connectivity index (χ4v) is 2.46. The normalized spacial score (nSPS) is 12.5. The van der Waals surface area contributed by atoms with Crippen LogP contribution >= 0.6 is 0 Å². The smallest absolute Gasteiger partial charge is 0.131 e. The summed E-state index contributed by atoms with van der Waals surface area (Å²) in [7, 11) is 1.86. The van der Waals surface area contributed by atoms with Crippen LogP contribution in [0.4, 0.5) is 4.39 Å². The number of hydrogen-bond acceptors (Lipinski definition) is 3. The molecule has 20 heavy (non-hydrogen) atoms. The Balaban J connectivity index is 2.21. The van der Waals surface area contributed by atoms with Crippen LogP contribution in [0.15, 0.2) is 55.0 Å². The number of aromatic nitrogens is 2. The largest absolute Gasteiger partial charge is 0.308 e. The summed E-state index contributed by atoms with van der Waals surface area (Å²) < 4.78 is 13.9. The maximum Gasteiger partial charge on any atom is 0.131 e. The first-order valence-electron chi connectivity index (χ1n) is 6.41. The van der Waals surface area contributed by atoms with Crippen molar-refractivity contribution in [2.45, 2.75) is 6.04 Å². The molecule has 0 aliphatic rings. The lowest BCUT2D eigenvalue weighted by Crippen LogP contribution is -2.19. The first-order chi connectivity index (χ1) is 9.81. The zero-order valence-corrected chi connectivity index (χ0v) is 11.0. The van der Waals surface area contributed by atoms with E-state index in [0.29, 0.717) is 5.39 Å². The molecule has 0 bridgehead atoms. The van der Waals surface area contributed by atoms with Gasteiger partial charge in [-0.15, -0.1) is 0 Å². The van der Waals surface area contributed by atoms with Crippen LogP contribution in [0.5, 0.6) is 0 Å². The van der Waals surface area contributed by atoms with Gasteiger partial charge in [-0.2, -0.15) is 0 Å². The fourth-order valence-electron chi connectivity index (χ4n) is 2.46. The standard InChI is InChI=1S/C16H14FN3/c1-18-16(15-10-19-8-9-20-15)13-6-7-14(17)12-5-3-2-4-11(12)13/h2-10,16,18H,1H3. The van der Waals surface area contributed by atoms with E-state index in [1.165, 1.54) is 6.07 Å². The molecule has 1 unspecified atom stereocenters. The van der Waals surface area contributed by atoms with Gasteiger partial charge in [0, 0.05) is 17.8 Å². The molecule has 0 saturated heterocycles. The van der Waals surface area contributed by atoms with Gasteiger partial charge in [0.15, 0.2) is 0 Å². The Bertz CT molecular complexity index is 728. The number of nitrogens with one attached hydrogen (secondary N) is 1. The van der Waals surface area contributed by atoms with E-state index < -0.39 is 0 Å². The van der Waals surface area contributed by atoms with Gasteiger partial charge in [-0.3, -0.25) is 9.97 Å². The van der Waals surface area contributed by atoms with Gasteiger partial charge in [-0.05, 0) is 24.1 Å². The minimum absolute atomic E-state index is 0.116. The topological polar surface area (TPSA) is 37.8 Å². The lowest BCUT2D eigenvalue weighted by Gasteiger charge is -2.18. The number of fused-ring (bicyclic) bond motifs is 1. The number of benzene rings is 2. The Hall–Kier alpha value is -2.33. The molecule has 1 heterocycles. The Morgan fingerprint density at radius 2 is 1.85 bits per heavy atom. The second-order valence-electron chi connectivity index (χ2n) is 4.53. The summed E-state index contributed by atoms with van der Waals surface area (Å²) in [5, 5.41) is 4.73. The highest BCUT2D eigenvalue weighted by Gasteiger charge is 2.17. The Kier molecular flexibility index (Phi) is 3.39. The van der Waals surface area contributed by atoms with E-state index in [9.17, 15) is 4.39 Å². The van der Waals surface area contributed by atoms with Crippen LogP contribution in [0, 0.1) is 5.82 Å². The molecule has 2 aromatic carbocycles. The Labute approximate surface area is 116 Å². The summed E-state index contributed by atoms with van der Waals surface area (Å²) in [5.41, 5.74) is 1.80. The van der Waals surface area contributed by atoms with Crippen molar-refractivity contribution >= 4 is 10.8 Å². The highest BCUT2D eigenvalue weighted by molar-refractivity contribution is 5.87. The van der Waals surface area contributed by atoms with Crippen molar-refractivity contribution in [3.8, 4) is 0 Å². The third-order valence-electron chi connectivity index (χ3n) is 3.38. The van der Waals surface area contributed by atoms with Crippen molar-refractivity contribution in [3.05, 3.63) is 72.1 Å². The molecule has 1 aromatic heterocycles. The first kappa shape index (κ1) is 12.7. The first-order valence-corrected chi connectivity index (χ1v) is 6.41.